The number of hydrogen-bond acceptors (Lipinski definition) is 1. The van der Waals surface area contributed by atoms with Crippen molar-refractivity contribution in [2.24, 2.45) is 0 Å². The minimum absolute atomic E-state index is 0.0360. The standard InChI is InChI=1S/C14H12NOSi/c16-14(13-9-5-2-6-10-13)15(17)11-12-7-3-1-4-8-12/h1-10H,11H2. The Morgan fingerprint density at radius 3 is 2.06 bits per heavy atom. The van der Waals surface area contributed by atoms with Gasteiger partial charge in [-0.1, -0.05) is 48.5 Å². The van der Waals surface area contributed by atoms with Crippen molar-refractivity contribution in [1.82, 2.24) is 4.57 Å². The van der Waals surface area contributed by atoms with E-state index in [1.807, 2.05) is 48.5 Å². The van der Waals surface area contributed by atoms with Crippen molar-refractivity contribution in [2.45, 2.75) is 6.54 Å². The number of benzene rings is 2. The van der Waals surface area contributed by atoms with Gasteiger partial charge >= 0.3 is 0 Å². The SMILES string of the molecule is O=C(c1ccccc1)N([Si])Cc1ccccc1. The maximum atomic E-state index is 12.0. The summed E-state index contributed by atoms with van der Waals surface area (Å²) in [7, 11) is 3.36. The van der Waals surface area contributed by atoms with E-state index in [9.17, 15) is 4.79 Å². The lowest BCUT2D eigenvalue weighted by atomic mass is 10.2. The Kier molecular flexibility index (Phi) is 3.72. The highest BCUT2D eigenvalue weighted by Gasteiger charge is 2.10. The van der Waals surface area contributed by atoms with Crippen molar-refractivity contribution in [3.05, 3.63) is 71.8 Å². The van der Waals surface area contributed by atoms with Crippen LogP contribution in [0, 0.1) is 0 Å². The van der Waals surface area contributed by atoms with Gasteiger partial charge in [-0.15, -0.1) is 0 Å². The van der Waals surface area contributed by atoms with E-state index in [-0.39, 0.29) is 5.91 Å². The molecule has 1 amide bonds. The largest absolute Gasteiger partial charge is 0.363 e. The molecule has 0 saturated heterocycles. The quantitative estimate of drug-likeness (QED) is 0.752. The molecule has 0 aliphatic heterocycles. The molecule has 2 rings (SSSR count). The molecule has 0 spiro atoms. The zero-order valence-electron chi connectivity index (χ0n) is 9.34. The van der Waals surface area contributed by atoms with Gasteiger partial charge in [-0.3, -0.25) is 4.79 Å². The predicted molar refractivity (Wildman–Crippen MR) is 68.5 cm³/mol. The van der Waals surface area contributed by atoms with Crippen LogP contribution in [0.25, 0.3) is 0 Å². The molecule has 2 aromatic carbocycles. The Labute approximate surface area is 104 Å². The van der Waals surface area contributed by atoms with Crippen LogP contribution in [0.5, 0.6) is 0 Å². The lowest BCUT2D eigenvalue weighted by Crippen LogP contribution is -2.27. The normalized spacial score (nSPS) is 9.94. The van der Waals surface area contributed by atoms with Gasteiger partial charge in [0.05, 0.1) is 0 Å². The molecule has 0 atom stereocenters. The van der Waals surface area contributed by atoms with Crippen molar-refractivity contribution in [3.63, 3.8) is 0 Å². The van der Waals surface area contributed by atoms with Gasteiger partial charge in [-0.25, -0.2) is 0 Å². The molecule has 0 aliphatic rings. The van der Waals surface area contributed by atoms with Crippen molar-refractivity contribution >= 4 is 16.3 Å². The summed E-state index contributed by atoms with van der Waals surface area (Å²) in [6, 6.07) is 19.1. The highest BCUT2D eigenvalue weighted by atomic mass is 28.2. The van der Waals surface area contributed by atoms with Crippen LogP contribution in [-0.4, -0.2) is 20.9 Å². The van der Waals surface area contributed by atoms with E-state index in [2.05, 4.69) is 10.4 Å². The fourth-order valence-electron chi connectivity index (χ4n) is 1.57. The minimum atomic E-state index is -0.0360. The maximum Gasteiger partial charge on any atom is 0.245 e. The lowest BCUT2D eigenvalue weighted by Gasteiger charge is -2.17. The number of hydrogen-bond donors (Lipinski definition) is 0. The van der Waals surface area contributed by atoms with E-state index in [1.165, 1.54) is 4.57 Å². The van der Waals surface area contributed by atoms with E-state index in [4.69, 9.17) is 0 Å². The van der Waals surface area contributed by atoms with Crippen LogP contribution in [0.4, 0.5) is 0 Å². The van der Waals surface area contributed by atoms with Crippen molar-refractivity contribution in [3.8, 4) is 0 Å². The lowest BCUT2D eigenvalue weighted by molar-refractivity contribution is 0.0856. The second kappa shape index (κ2) is 5.45. The third-order valence-electron chi connectivity index (χ3n) is 2.45. The second-order valence-electron chi connectivity index (χ2n) is 3.74. The third-order valence-corrected chi connectivity index (χ3v) is 2.81. The average Bonchev–Trinajstić information content (AvgIpc) is 2.40. The zero-order valence-corrected chi connectivity index (χ0v) is 10.3. The van der Waals surface area contributed by atoms with Crippen molar-refractivity contribution < 1.29 is 4.79 Å². The molecule has 3 radical (unpaired) electrons. The molecule has 83 valence electrons. The second-order valence-corrected chi connectivity index (χ2v) is 4.28. The summed E-state index contributed by atoms with van der Waals surface area (Å²) in [6.07, 6.45) is 0. The van der Waals surface area contributed by atoms with Crippen LogP contribution < -0.4 is 0 Å². The summed E-state index contributed by atoms with van der Waals surface area (Å²) in [6.45, 7) is 0.547. The van der Waals surface area contributed by atoms with Crippen LogP contribution in [0.2, 0.25) is 0 Å². The van der Waals surface area contributed by atoms with Crippen LogP contribution in [0.1, 0.15) is 15.9 Å². The van der Waals surface area contributed by atoms with E-state index in [1.54, 1.807) is 12.1 Å². The van der Waals surface area contributed by atoms with Crippen LogP contribution in [0.3, 0.4) is 0 Å². The van der Waals surface area contributed by atoms with Crippen LogP contribution in [0.15, 0.2) is 60.7 Å². The van der Waals surface area contributed by atoms with E-state index in [0.29, 0.717) is 12.1 Å². The maximum absolute atomic E-state index is 12.0. The fraction of sp³-hybridized carbons (Fsp3) is 0.0714. The van der Waals surface area contributed by atoms with E-state index < -0.39 is 0 Å². The van der Waals surface area contributed by atoms with Gasteiger partial charge in [-0.05, 0) is 17.7 Å². The first-order chi connectivity index (χ1) is 8.27. The molecule has 0 bridgehead atoms. The van der Waals surface area contributed by atoms with Gasteiger partial charge in [0.2, 0.25) is 5.91 Å². The van der Waals surface area contributed by atoms with Crippen LogP contribution in [-0.2, 0) is 6.54 Å². The van der Waals surface area contributed by atoms with Gasteiger partial charge in [0, 0.05) is 12.1 Å². The third kappa shape index (κ3) is 3.04. The number of amides is 1. The smallest absolute Gasteiger partial charge is 0.245 e. The predicted octanol–water partition coefficient (Wildman–Crippen LogP) is 2.41. The molecular formula is C14H12NOSi. The highest BCUT2D eigenvalue weighted by Crippen LogP contribution is 2.07. The summed E-state index contributed by atoms with van der Waals surface area (Å²) in [5, 5.41) is 0. The van der Waals surface area contributed by atoms with E-state index >= 15 is 0 Å². The number of nitrogens with zero attached hydrogens (tertiary/aromatic N) is 1. The Morgan fingerprint density at radius 2 is 1.47 bits per heavy atom. The van der Waals surface area contributed by atoms with Gasteiger partial charge in [-0.2, -0.15) is 0 Å². The molecule has 0 aliphatic carbocycles. The summed E-state index contributed by atoms with van der Waals surface area (Å²) in [5.74, 6) is -0.0360. The van der Waals surface area contributed by atoms with Gasteiger partial charge in [0.1, 0.15) is 0 Å². The molecule has 0 heterocycles. The Balaban J connectivity index is 2.06. The molecule has 2 aromatic rings. The highest BCUT2D eigenvalue weighted by molar-refractivity contribution is 6.18. The number of carbonyl (C=O) groups excluding carboxylic acids is 1. The molecular weight excluding hydrogens is 226 g/mol. The molecule has 0 N–H and O–H groups in total. The molecule has 0 saturated carbocycles. The topological polar surface area (TPSA) is 20.3 Å². The fourth-order valence-corrected chi connectivity index (χ4v) is 1.89. The van der Waals surface area contributed by atoms with Crippen molar-refractivity contribution in [2.75, 3.05) is 0 Å². The van der Waals surface area contributed by atoms with E-state index in [0.717, 1.165) is 5.56 Å². The summed E-state index contributed by atoms with van der Waals surface area (Å²) in [5.41, 5.74) is 1.77. The monoisotopic (exact) mass is 238 g/mol. The molecule has 3 heteroatoms. The average molecular weight is 238 g/mol. The first kappa shape index (κ1) is 11.6. The van der Waals surface area contributed by atoms with Gasteiger partial charge < -0.3 is 4.57 Å². The first-order valence-electron chi connectivity index (χ1n) is 5.39. The molecule has 0 fully saturated rings. The summed E-state index contributed by atoms with van der Waals surface area (Å²) in [4.78, 5) is 12.0. The number of rotatable bonds is 3. The Hall–Kier alpha value is -1.87. The first-order valence-corrected chi connectivity index (χ1v) is 5.84. The molecule has 0 aromatic heterocycles. The molecule has 17 heavy (non-hydrogen) atoms. The Bertz CT molecular complexity index is 484. The molecule has 2 nitrogen and oxygen atoms in total. The Morgan fingerprint density at radius 1 is 0.941 bits per heavy atom. The minimum Gasteiger partial charge on any atom is -0.363 e. The summed E-state index contributed by atoms with van der Waals surface area (Å²) < 4.78 is 1.53. The zero-order chi connectivity index (χ0) is 12.1. The van der Waals surface area contributed by atoms with Crippen LogP contribution >= 0.6 is 0 Å². The molecule has 0 unspecified atom stereocenters. The van der Waals surface area contributed by atoms with Crippen molar-refractivity contribution in [1.29, 1.82) is 0 Å². The number of carbonyl (C=O) groups is 1. The van der Waals surface area contributed by atoms with Gasteiger partial charge in [0.25, 0.3) is 0 Å². The van der Waals surface area contributed by atoms with Gasteiger partial charge in [0.15, 0.2) is 10.4 Å². The summed E-state index contributed by atoms with van der Waals surface area (Å²) >= 11 is 0.